The maximum Gasteiger partial charge on any atom is 0.223 e. The van der Waals surface area contributed by atoms with E-state index >= 15 is 0 Å². The Labute approximate surface area is 156 Å². The molecule has 0 atom stereocenters. The number of ether oxygens (including phenoxy) is 1. The molecule has 0 aromatic heterocycles. The maximum atomic E-state index is 12.3. The first-order valence-electron chi connectivity index (χ1n) is 9.34. The van der Waals surface area contributed by atoms with E-state index in [1.54, 1.807) is 0 Å². The standard InChI is InChI=1S/C22H28N2O2/c1-17-4-3-5-19(14-17)16-26-21-8-6-18(7-9-21)15-23-22(25)20-10-12-24(2)13-11-20/h3-9,14,20H,10-13,15-16H2,1-2H3,(H,23,25). The van der Waals surface area contributed by atoms with Crippen LogP contribution in [0.3, 0.4) is 0 Å². The average molecular weight is 352 g/mol. The van der Waals surface area contributed by atoms with Crippen LogP contribution in [0.25, 0.3) is 0 Å². The number of hydrogen-bond donors (Lipinski definition) is 1. The predicted molar refractivity (Wildman–Crippen MR) is 104 cm³/mol. The number of carbonyl (C=O) groups excluding carboxylic acids is 1. The first-order chi connectivity index (χ1) is 12.6. The Kier molecular flexibility index (Phi) is 6.29. The van der Waals surface area contributed by atoms with Crippen LogP contribution in [0.4, 0.5) is 0 Å². The Morgan fingerprint density at radius 2 is 1.85 bits per heavy atom. The minimum absolute atomic E-state index is 0.156. The lowest BCUT2D eigenvalue weighted by Gasteiger charge is -2.28. The quantitative estimate of drug-likeness (QED) is 0.865. The molecule has 2 aromatic rings. The van der Waals surface area contributed by atoms with Crippen molar-refractivity contribution in [3.63, 3.8) is 0 Å². The van der Waals surface area contributed by atoms with Crippen LogP contribution in [-0.4, -0.2) is 30.9 Å². The molecular weight excluding hydrogens is 324 g/mol. The first kappa shape index (κ1) is 18.5. The summed E-state index contributed by atoms with van der Waals surface area (Å²) in [5.74, 6) is 1.18. The molecule has 1 fully saturated rings. The molecule has 3 rings (SSSR count). The van der Waals surface area contributed by atoms with Gasteiger partial charge in [0, 0.05) is 12.5 Å². The Bertz CT molecular complexity index is 719. The lowest BCUT2D eigenvalue weighted by molar-refractivity contribution is -0.126. The first-order valence-corrected chi connectivity index (χ1v) is 9.34. The van der Waals surface area contributed by atoms with Crippen molar-refractivity contribution >= 4 is 5.91 Å². The Balaban J connectivity index is 1.44. The molecular formula is C22H28N2O2. The number of likely N-dealkylation sites (tertiary alicyclic amines) is 1. The minimum atomic E-state index is 0.156. The van der Waals surface area contributed by atoms with Gasteiger partial charge in [-0.05, 0) is 63.2 Å². The highest BCUT2D eigenvalue weighted by Crippen LogP contribution is 2.17. The summed E-state index contributed by atoms with van der Waals surface area (Å²) in [7, 11) is 2.11. The highest BCUT2D eigenvalue weighted by molar-refractivity contribution is 5.78. The highest BCUT2D eigenvalue weighted by atomic mass is 16.5. The summed E-state index contributed by atoms with van der Waals surface area (Å²) in [5, 5.41) is 3.07. The molecule has 1 aliphatic rings. The molecule has 2 aromatic carbocycles. The van der Waals surface area contributed by atoms with Gasteiger partial charge in [0.15, 0.2) is 0 Å². The van der Waals surface area contributed by atoms with Gasteiger partial charge in [0.2, 0.25) is 5.91 Å². The van der Waals surface area contributed by atoms with Crippen LogP contribution in [0.1, 0.15) is 29.5 Å². The molecule has 1 amide bonds. The number of nitrogens with zero attached hydrogens (tertiary/aromatic N) is 1. The van der Waals surface area contributed by atoms with Crippen molar-refractivity contribution < 1.29 is 9.53 Å². The van der Waals surface area contributed by atoms with Gasteiger partial charge in [-0.2, -0.15) is 0 Å². The Morgan fingerprint density at radius 1 is 1.12 bits per heavy atom. The largest absolute Gasteiger partial charge is 0.489 e. The van der Waals surface area contributed by atoms with Crippen molar-refractivity contribution in [2.45, 2.75) is 32.9 Å². The lowest BCUT2D eigenvalue weighted by Crippen LogP contribution is -2.38. The van der Waals surface area contributed by atoms with Crippen LogP contribution in [0.15, 0.2) is 48.5 Å². The third-order valence-electron chi connectivity index (χ3n) is 4.97. The van der Waals surface area contributed by atoms with Crippen molar-refractivity contribution in [1.29, 1.82) is 0 Å². The number of benzene rings is 2. The molecule has 0 bridgehead atoms. The molecule has 0 aliphatic carbocycles. The van der Waals surface area contributed by atoms with E-state index in [2.05, 4.69) is 42.4 Å². The van der Waals surface area contributed by atoms with E-state index in [4.69, 9.17) is 4.74 Å². The van der Waals surface area contributed by atoms with Crippen molar-refractivity contribution in [2.24, 2.45) is 5.92 Å². The fourth-order valence-electron chi connectivity index (χ4n) is 3.28. The third kappa shape index (κ3) is 5.33. The van der Waals surface area contributed by atoms with E-state index in [-0.39, 0.29) is 11.8 Å². The van der Waals surface area contributed by atoms with Crippen LogP contribution >= 0.6 is 0 Å². The fourth-order valence-corrected chi connectivity index (χ4v) is 3.28. The van der Waals surface area contributed by atoms with E-state index in [1.165, 1.54) is 11.1 Å². The highest BCUT2D eigenvalue weighted by Gasteiger charge is 2.22. The number of carbonyl (C=O) groups is 1. The Hall–Kier alpha value is -2.33. The number of piperidine rings is 1. The number of rotatable bonds is 6. The molecule has 0 spiro atoms. The van der Waals surface area contributed by atoms with Gasteiger partial charge >= 0.3 is 0 Å². The molecule has 1 aliphatic heterocycles. The van der Waals surface area contributed by atoms with Crippen LogP contribution in [-0.2, 0) is 17.9 Å². The van der Waals surface area contributed by atoms with E-state index in [9.17, 15) is 4.79 Å². The molecule has 4 heteroatoms. The fraction of sp³-hybridized carbons (Fsp3) is 0.409. The lowest BCUT2D eigenvalue weighted by atomic mass is 9.96. The van der Waals surface area contributed by atoms with Crippen LogP contribution in [0.2, 0.25) is 0 Å². The van der Waals surface area contributed by atoms with Gasteiger partial charge in [0.05, 0.1) is 0 Å². The topological polar surface area (TPSA) is 41.6 Å². The summed E-state index contributed by atoms with van der Waals surface area (Å²) < 4.78 is 5.84. The predicted octanol–water partition coefficient (Wildman–Crippen LogP) is 3.53. The van der Waals surface area contributed by atoms with Crippen LogP contribution in [0, 0.1) is 12.8 Å². The van der Waals surface area contributed by atoms with Gasteiger partial charge in [-0.3, -0.25) is 4.79 Å². The minimum Gasteiger partial charge on any atom is -0.489 e. The second kappa shape index (κ2) is 8.86. The second-order valence-corrected chi connectivity index (χ2v) is 7.22. The van der Waals surface area contributed by atoms with Crippen molar-refractivity contribution in [3.8, 4) is 5.75 Å². The third-order valence-corrected chi connectivity index (χ3v) is 4.97. The second-order valence-electron chi connectivity index (χ2n) is 7.22. The summed E-state index contributed by atoms with van der Waals surface area (Å²) in [6.45, 7) is 5.23. The Morgan fingerprint density at radius 3 is 2.54 bits per heavy atom. The van der Waals surface area contributed by atoms with Gasteiger partial charge in [0.25, 0.3) is 0 Å². The van der Waals surface area contributed by atoms with Gasteiger partial charge in [-0.25, -0.2) is 0 Å². The van der Waals surface area contributed by atoms with Crippen molar-refractivity contribution in [1.82, 2.24) is 10.2 Å². The van der Waals surface area contributed by atoms with Crippen LogP contribution < -0.4 is 10.1 Å². The summed E-state index contributed by atoms with van der Waals surface area (Å²) in [5.41, 5.74) is 3.50. The average Bonchev–Trinajstić information content (AvgIpc) is 2.66. The molecule has 0 saturated carbocycles. The van der Waals surface area contributed by atoms with Crippen molar-refractivity contribution in [2.75, 3.05) is 20.1 Å². The van der Waals surface area contributed by atoms with E-state index in [1.807, 2.05) is 30.3 Å². The summed E-state index contributed by atoms with van der Waals surface area (Å²) in [4.78, 5) is 14.6. The van der Waals surface area contributed by atoms with Crippen LogP contribution in [0.5, 0.6) is 5.75 Å². The van der Waals surface area contributed by atoms with Gasteiger partial charge in [-0.15, -0.1) is 0 Å². The zero-order valence-electron chi connectivity index (χ0n) is 15.7. The SMILES string of the molecule is Cc1cccc(COc2ccc(CNC(=O)C3CCN(C)CC3)cc2)c1. The molecule has 0 radical (unpaired) electrons. The molecule has 26 heavy (non-hydrogen) atoms. The number of aryl methyl sites for hydroxylation is 1. The van der Waals surface area contributed by atoms with E-state index in [0.717, 1.165) is 37.2 Å². The number of hydrogen-bond acceptors (Lipinski definition) is 3. The van der Waals surface area contributed by atoms with E-state index in [0.29, 0.717) is 13.2 Å². The zero-order chi connectivity index (χ0) is 18.4. The molecule has 4 nitrogen and oxygen atoms in total. The number of nitrogens with one attached hydrogen (secondary N) is 1. The molecule has 0 unspecified atom stereocenters. The van der Waals surface area contributed by atoms with Crippen molar-refractivity contribution in [3.05, 3.63) is 65.2 Å². The summed E-state index contributed by atoms with van der Waals surface area (Å²) >= 11 is 0. The molecule has 1 heterocycles. The van der Waals surface area contributed by atoms with Gasteiger partial charge in [-0.1, -0.05) is 42.0 Å². The summed E-state index contributed by atoms with van der Waals surface area (Å²) in [6.07, 6.45) is 1.90. The molecule has 138 valence electrons. The monoisotopic (exact) mass is 352 g/mol. The zero-order valence-corrected chi connectivity index (χ0v) is 15.7. The summed E-state index contributed by atoms with van der Waals surface area (Å²) in [6, 6.07) is 16.3. The normalized spacial score (nSPS) is 15.6. The molecule has 1 N–H and O–H groups in total. The smallest absolute Gasteiger partial charge is 0.223 e. The van der Waals surface area contributed by atoms with Gasteiger partial charge in [0.1, 0.15) is 12.4 Å². The molecule has 1 saturated heterocycles. The maximum absolute atomic E-state index is 12.3. The van der Waals surface area contributed by atoms with E-state index < -0.39 is 0 Å². The number of amides is 1. The van der Waals surface area contributed by atoms with Gasteiger partial charge < -0.3 is 15.0 Å².